The summed E-state index contributed by atoms with van der Waals surface area (Å²) in [5.41, 5.74) is 3.31. The quantitative estimate of drug-likeness (QED) is 0.582. The molecule has 0 aliphatic heterocycles. The molecule has 2 N–H and O–H groups in total. The zero-order valence-corrected chi connectivity index (χ0v) is 16.6. The summed E-state index contributed by atoms with van der Waals surface area (Å²) in [5.74, 6) is 1.36. The van der Waals surface area contributed by atoms with Crippen LogP contribution in [0.1, 0.15) is 21.6 Å². The molecule has 0 radical (unpaired) electrons. The maximum Gasteiger partial charge on any atom is 0.270 e. The number of amides is 1. The number of hydrogen-bond acceptors (Lipinski definition) is 5. The third-order valence-electron chi connectivity index (χ3n) is 4.50. The van der Waals surface area contributed by atoms with Crippen molar-refractivity contribution in [1.82, 2.24) is 10.3 Å². The fourth-order valence-electron chi connectivity index (χ4n) is 2.96. The van der Waals surface area contributed by atoms with Crippen molar-refractivity contribution < 1.29 is 14.3 Å². The van der Waals surface area contributed by atoms with Crippen molar-refractivity contribution in [3.8, 4) is 11.5 Å². The average molecular weight is 391 g/mol. The van der Waals surface area contributed by atoms with Crippen LogP contribution in [0.2, 0.25) is 0 Å². The molecule has 0 aliphatic carbocycles. The van der Waals surface area contributed by atoms with Crippen LogP contribution in [0.5, 0.6) is 11.5 Å². The number of nitrogens with one attached hydrogen (secondary N) is 2. The van der Waals surface area contributed by atoms with Crippen LogP contribution in [0.3, 0.4) is 0 Å². The minimum Gasteiger partial charge on any atom is -0.497 e. The number of carbonyl (C=O) groups excluding carboxylic acids is 1. The Balaban J connectivity index is 1.55. The predicted octanol–water partition coefficient (Wildman–Crippen LogP) is 3.68. The van der Waals surface area contributed by atoms with Crippen LogP contribution in [0.15, 0.2) is 66.9 Å². The van der Waals surface area contributed by atoms with Gasteiger partial charge in [0, 0.05) is 30.5 Å². The Kier molecular flexibility index (Phi) is 7.05. The number of anilines is 1. The normalized spacial score (nSPS) is 10.3. The zero-order valence-electron chi connectivity index (χ0n) is 16.6. The summed E-state index contributed by atoms with van der Waals surface area (Å²) in [6.45, 7) is 1.11. The van der Waals surface area contributed by atoms with Gasteiger partial charge in [-0.25, -0.2) is 0 Å². The minimum atomic E-state index is -0.229. The number of methoxy groups -OCH3 is 2. The summed E-state index contributed by atoms with van der Waals surface area (Å²) in [6, 6.07) is 19.2. The van der Waals surface area contributed by atoms with Crippen LogP contribution in [0.4, 0.5) is 5.69 Å². The molecule has 3 aromatic rings. The van der Waals surface area contributed by atoms with Crippen LogP contribution in [-0.2, 0) is 13.0 Å². The van der Waals surface area contributed by atoms with E-state index in [0.29, 0.717) is 12.2 Å². The van der Waals surface area contributed by atoms with Gasteiger partial charge in [0.25, 0.3) is 5.91 Å². The molecule has 6 heteroatoms. The fraction of sp³-hybridized carbons (Fsp3) is 0.217. The second-order valence-electron chi connectivity index (χ2n) is 6.45. The van der Waals surface area contributed by atoms with Crippen LogP contribution in [-0.4, -0.2) is 31.7 Å². The molecular formula is C23H25N3O3. The summed E-state index contributed by atoms with van der Waals surface area (Å²) < 4.78 is 10.6. The van der Waals surface area contributed by atoms with E-state index in [9.17, 15) is 4.79 Å². The number of para-hydroxylation sites is 1. The highest BCUT2D eigenvalue weighted by atomic mass is 16.5. The molecule has 0 fully saturated rings. The summed E-state index contributed by atoms with van der Waals surface area (Å²) in [5, 5.41) is 6.23. The van der Waals surface area contributed by atoms with Gasteiger partial charge in [0.2, 0.25) is 0 Å². The van der Waals surface area contributed by atoms with E-state index in [-0.39, 0.29) is 5.91 Å². The van der Waals surface area contributed by atoms with E-state index >= 15 is 0 Å². The van der Waals surface area contributed by atoms with E-state index in [0.717, 1.165) is 35.7 Å². The zero-order chi connectivity index (χ0) is 20.5. The Labute approximate surface area is 170 Å². The maximum atomic E-state index is 12.5. The molecule has 0 bridgehead atoms. The predicted molar refractivity (Wildman–Crippen MR) is 114 cm³/mol. The third-order valence-corrected chi connectivity index (χ3v) is 4.50. The highest BCUT2D eigenvalue weighted by Crippen LogP contribution is 2.17. The Morgan fingerprint density at radius 2 is 1.86 bits per heavy atom. The number of hydrogen-bond donors (Lipinski definition) is 2. The van der Waals surface area contributed by atoms with Gasteiger partial charge >= 0.3 is 0 Å². The molecule has 0 aliphatic rings. The van der Waals surface area contributed by atoms with Crippen molar-refractivity contribution in [3.63, 3.8) is 0 Å². The van der Waals surface area contributed by atoms with Crippen LogP contribution in [0, 0.1) is 0 Å². The molecule has 6 nitrogen and oxygen atoms in total. The fourth-order valence-corrected chi connectivity index (χ4v) is 2.96. The van der Waals surface area contributed by atoms with Crippen molar-refractivity contribution >= 4 is 11.6 Å². The lowest BCUT2D eigenvalue weighted by atomic mass is 10.1. The molecule has 0 saturated heterocycles. The lowest BCUT2D eigenvalue weighted by Crippen LogP contribution is -2.24. The lowest BCUT2D eigenvalue weighted by molar-refractivity contribution is 0.0945. The average Bonchev–Trinajstić information content (AvgIpc) is 2.78. The second-order valence-corrected chi connectivity index (χ2v) is 6.45. The highest BCUT2D eigenvalue weighted by molar-refractivity contribution is 5.93. The van der Waals surface area contributed by atoms with E-state index in [1.54, 1.807) is 26.5 Å². The molecule has 0 atom stereocenters. The van der Waals surface area contributed by atoms with Gasteiger partial charge in [-0.15, -0.1) is 0 Å². The molecule has 1 heterocycles. The standard InChI is InChI=1S/C23H25N3O3/c1-28-20-8-5-6-17(14-20)10-12-24-19-11-13-25-21(15-19)23(27)26-16-18-7-3-4-9-22(18)29-2/h3-9,11,13-15H,10,12,16H2,1-2H3,(H,24,25)(H,26,27). The van der Waals surface area contributed by atoms with E-state index in [4.69, 9.17) is 9.47 Å². The van der Waals surface area contributed by atoms with Crippen LogP contribution >= 0.6 is 0 Å². The summed E-state index contributed by atoms with van der Waals surface area (Å²) in [7, 11) is 3.28. The van der Waals surface area contributed by atoms with E-state index in [2.05, 4.69) is 21.7 Å². The van der Waals surface area contributed by atoms with Crippen LogP contribution in [0.25, 0.3) is 0 Å². The summed E-state index contributed by atoms with van der Waals surface area (Å²) in [6.07, 6.45) is 2.47. The molecule has 1 amide bonds. The Hall–Kier alpha value is -3.54. The minimum absolute atomic E-state index is 0.229. The number of benzene rings is 2. The maximum absolute atomic E-state index is 12.5. The van der Waals surface area contributed by atoms with E-state index < -0.39 is 0 Å². The first-order chi connectivity index (χ1) is 14.2. The van der Waals surface area contributed by atoms with Gasteiger partial charge in [-0.2, -0.15) is 0 Å². The first kappa shape index (κ1) is 20.2. The van der Waals surface area contributed by atoms with Crippen molar-refractivity contribution in [2.45, 2.75) is 13.0 Å². The second kappa shape index (κ2) is 10.1. The van der Waals surface area contributed by atoms with Crippen LogP contribution < -0.4 is 20.1 Å². The van der Waals surface area contributed by atoms with Gasteiger partial charge in [-0.3, -0.25) is 9.78 Å². The Bertz CT molecular complexity index is 959. The highest BCUT2D eigenvalue weighted by Gasteiger charge is 2.09. The van der Waals surface area contributed by atoms with Gasteiger partial charge in [0.05, 0.1) is 14.2 Å². The van der Waals surface area contributed by atoms with E-state index in [1.165, 1.54) is 5.56 Å². The number of carbonyl (C=O) groups is 1. The van der Waals surface area contributed by atoms with Crippen molar-refractivity contribution in [1.29, 1.82) is 0 Å². The molecule has 0 saturated carbocycles. The molecule has 29 heavy (non-hydrogen) atoms. The SMILES string of the molecule is COc1cccc(CCNc2ccnc(C(=O)NCc3ccccc3OC)c2)c1. The summed E-state index contributed by atoms with van der Waals surface area (Å²) in [4.78, 5) is 16.7. The smallest absolute Gasteiger partial charge is 0.270 e. The first-order valence-electron chi connectivity index (χ1n) is 9.42. The molecular weight excluding hydrogens is 366 g/mol. The summed E-state index contributed by atoms with van der Waals surface area (Å²) >= 11 is 0. The van der Waals surface area contributed by atoms with Gasteiger partial charge in [0.15, 0.2) is 0 Å². The molecule has 0 spiro atoms. The molecule has 0 unspecified atom stereocenters. The van der Waals surface area contributed by atoms with Crippen molar-refractivity contribution in [2.24, 2.45) is 0 Å². The number of pyridine rings is 1. The number of nitrogens with zero attached hydrogens (tertiary/aromatic N) is 1. The monoisotopic (exact) mass is 391 g/mol. The van der Waals surface area contributed by atoms with Gasteiger partial charge in [-0.05, 0) is 42.3 Å². The number of ether oxygens (including phenoxy) is 2. The number of rotatable bonds is 9. The molecule has 3 rings (SSSR count). The third kappa shape index (κ3) is 5.72. The van der Waals surface area contributed by atoms with Crippen molar-refractivity contribution in [2.75, 3.05) is 26.1 Å². The van der Waals surface area contributed by atoms with Gasteiger partial charge < -0.3 is 20.1 Å². The van der Waals surface area contributed by atoms with Gasteiger partial charge in [-0.1, -0.05) is 30.3 Å². The Morgan fingerprint density at radius 3 is 2.69 bits per heavy atom. The van der Waals surface area contributed by atoms with Gasteiger partial charge in [0.1, 0.15) is 17.2 Å². The molecule has 150 valence electrons. The number of aromatic nitrogens is 1. The molecule has 2 aromatic carbocycles. The Morgan fingerprint density at radius 1 is 1.00 bits per heavy atom. The van der Waals surface area contributed by atoms with Crippen molar-refractivity contribution in [3.05, 3.63) is 83.7 Å². The topological polar surface area (TPSA) is 72.5 Å². The molecule has 1 aromatic heterocycles. The first-order valence-corrected chi connectivity index (χ1v) is 9.42. The van der Waals surface area contributed by atoms with E-state index in [1.807, 2.05) is 48.5 Å². The largest absolute Gasteiger partial charge is 0.497 e. The lowest BCUT2D eigenvalue weighted by Gasteiger charge is -2.11.